The number of nitrogens with zero attached hydrogens (tertiary/aromatic N) is 2. The molecule has 0 saturated heterocycles. The number of rotatable bonds is 7. The Morgan fingerprint density at radius 2 is 1.88 bits per heavy atom. The number of hydrogen-bond donors (Lipinski definition) is 2. The molecule has 0 unspecified atom stereocenters. The first kappa shape index (κ1) is 16.2. The van der Waals surface area contributed by atoms with Gasteiger partial charge in [-0.3, -0.25) is 0 Å². The largest absolute Gasteiger partial charge is 0.369 e. The molecule has 3 heterocycles. The molecular weight excluding hydrogens is 348 g/mol. The fourth-order valence-electron chi connectivity index (χ4n) is 2.57. The lowest BCUT2D eigenvalue weighted by atomic mass is 10.2. The number of hydrogen-bond acceptors (Lipinski definition) is 6. The maximum absolute atomic E-state index is 4.67. The van der Waals surface area contributed by atoms with Gasteiger partial charge in [-0.1, -0.05) is 18.2 Å². The van der Waals surface area contributed by atoms with Gasteiger partial charge in [0, 0.05) is 41.3 Å². The van der Waals surface area contributed by atoms with E-state index >= 15 is 0 Å². The summed E-state index contributed by atoms with van der Waals surface area (Å²) in [5.74, 6) is 0.911. The molecule has 1 aromatic carbocycles. The van der Waals surface area contributed by atoms with Crippen LogP contribution in [-0.2, 0) is 6.54 Å². The van der Waals surface area contributed by atoms with Gasteiger partial charge in [0.25, 0.3) is 0 Å². The van der Waals surface area contributed by atoms with Gasteiger partial charge < -0.3 is 10.6 Å². The van der Waals surface area contributed by atoms with Gasteiger partial charge in [0.05, 0.1) is 11.2 Å². The monoisotopic (exact) mass is 366 g/mol. The van der Waals surface area contributed by atoms with Crippen LogP contribution in [-0.4, -0.2) is 23.1 Å². The summed E-state index contributed by atoms with van der Waals surface area (Å²) in [6.07, 6.45) is 0. The number of aromatic nitrogens is 2. The summed E-state index contributed by atoms with van der Waals surface area (Å²) in [6.45, 7) is 2.47. The van der Waals surface area contributed by atoms with Crippen molar-refractivity contribution in [1.29, 1.82) is 0 Å². The fraction of sp³-hybridized carbons (Fsp3) is 0.158. The van der Waals surface area contributed by atoms with Gasteiger partial charge in [-0.15, -0.1) is 11.3 Å². The molecule has 4 aromatic rings. The van der Waals surface area contributed by atoms with Crippen molar-refractivity contribution in [2.24, 2.45) is 0 Å². The predicted octanol–water partition coefficient (Wildman–Crippen LogP) is 4.62. The van der Waals surface area contributed by atoms with Crippen molar-refractivity contribution in [3.63, 3.8) is 0 Å². The van der Waals surface area contributed by atoms with Crippen LogP contribution in [0.2, 0.25) is 0 Å². The SMILES string of the molecule is c1ccc2nc(NCCNCc3csc(-c4ccsc4)n3)ccc2c1. The van der Waals surface area contributed by atoms with E-state index in [1.165, 1.54) is 5.56 Å². The fourth-order valence-corrected chi connectivity index (χ4v) is 4.10. The third-order valence-corrected chi connectivity index (χ3v) is 5.46. The number of thiazole rings is 1. The second kappa shape index (κ2) is 7.74. The predicted molar refractivity (Wildman–Crippen MR) is 107 cm³/mol. The van der Waals surface area contributed by atoms with Crippen molar-refractivity contribution in [2.75, 3.05) is 18.4 Å². The van der Waals surface area contributed by atoms with Crippen LogP contribution < -0.4 is 10.6 Å². The topological polar surface area (TPSA) is 49.8 Å². The highest BCUT2D eigenvalue weighted by molar-refractivity contribution is 7.14. The molecule has 126 valence electrons. The van der Waals surface area contributed by atoms with Gasteiger partial charge in [0.1, 0.15) is 10.8 Å². The van der Waals surface area contributed by atoms with E-state index in [2.05, 4.69) is 54.9 Å². The lowest BCUT2D eigenvalue weighted by molar-refractivity contribution is 0.696. The standard InChI is InChI=1S/C19H18N4S2/c1-2-4-17-14(3-1)5-6-18(23-17)21-9-8-20-11-16-13-25-19(22-16)15-7-10-24-12-15/h1-7,10,12-13,20H,8-9,11H2,(H,21,23). The quantitative estimate of drug-likeness (QED) is 0.469. The Labute approximate surface area is 154 Å². The zero-order chi connectivity index (χ0) is 16.9. The number of fused-ring (bicyclic) bond motifs is 1. The van der Waals surface area contributed by atoms with Crippen molar-refractivity contribution in [1.82, 2.24) is 15.3 Å². The first-order chi connectivity index (χ1) is 12.4. The van der Waals surface area contributed by atoms with Gasteiger partial charge in [-0.2, -0.15) is 11.3 Å². The number of thiophene rings is 1. The van der Waals surface area contributed by atoms with Crippen LogP contribution in [0.15, 0.2) is 58.6 Å². The molecule has 4 nitrogen and oxygen atoms in total. The molecule has 0 aliphatic carbocycles. The van der Waals surface area contributed by atoms with Crippen molar-refractivity contribution in [3.8, 4) is 10.6 Å². The molecule has 0 spiro atoms. The normalized spacial score (nSPS) is 11.0. The minimum absolute atomic E-state index is 0.785. The van der Waals surface area contributed by atoms with Gasteiger partial charge in [0.2, 0.25) is 0 Å². The highest BCUT2D eigenvalue weighted by atomic mass is 32.1. The van der Waals surface area contributed by atoms with Crippen LogP contribution in [0, 0.1) is 0 Å². The van der Waals surface area contributed by atoms with Crippen LogP contribution in [0.1, 0.15) is 5.69 Å². The van der Waals surface area contributed by atoms with Crippen molar-refractivity contribution in [2.45, 2.75) is 6.54 Å². The summed E-state index contributed by atoms with van der Waals surface area (Å²) in [5.41, 5.74) is 3.32. The molecular formula is C19H18N4S2. The zero-order valence-electron chi connectivity index (χ0n) is 13.6. The Kier molecular flexibility index (Phi) is 5.01. The second-order valence-corrected chi connectivity index (χ2v) is 7.29. The van der Waals surface area contributed by atoms with E-state index in [1.54, 1.807) is 22.7 Å². The molecule has 0 fully saturated rings. The molecule has 0 saturated carbocycles. The molecule has 4 rings (SSSR count). The lowest BCUT2D eigenvalue weighted by Crippen LogP contribution is -2.22. The number of nitrogens with one attached hydrogen (secondary N) is 2. The third kappa shape index (κ3) is 4.04. The first-order valence-electron chi connectivity index (χ1n) is 8.16. The third-order valence-electron chi connectivity index (χ3n) is 3.83. The van der Waals surface area contributed by atoms with E-state index in [-0.39, 0.29) is 0 Å². The molecule has 0 amide bonds. The van der Waals surface area contributed by atoms with E-state index in [1.807, 2.05) is 24.3 Å². The van der Waals surface area contributed by atoms with E-state index in [0.29, 0.717) is 0 Å². The Bertz CT molecular complexity index is 947. The molecule has 6 heteroatoms. The Hall–Kier alpha value is -2.28. The van der Waals surface area contributed by atoms with Gasteiger partial charge in [0.15, 0.2) is 0 Å². The maximum Gasteiger partial charge on any atom is 0.126 e. The van der Waals surface area contributed by atoms with Gasteiger partial charge in [-0.25, -0.2) is 9.97 Å². The van der Waals surface area contributed by atoms with Crippen LogP contribution in [0.3, 0.4) is 0 Å². The summed E-state index contributed by atoms with van der Waals surface area (Å²) < 4.78 is 0. The van der Waals surface area contributed by atoms with Crippen molar-refractivity contribution in [3.05, 3.63) is 64.3 Å². The van der Waals surface area contributed by atoms with E-state index in [4.69, 9.17) is 0 Å². The number of pyridine rings is 1. The van der Waals surface area contributed by atoms with Crippen molar-refractivity contribution >= 4 is 39.4 Å². The summed E-state index contributed by atoms with van der Waals surface area (Å²) in [4.78, 5) is 9.29. The molecule has 0 radical (unpaired) electrons. The molecule has 0 aliphatic rings. The summed E-state index contributed by atoms with van der Waals surface area (Å²) in [7, 11) is 0. The zero-order valence-corrected chi connectivity index (χ0v) is 15.2. The van der Waals surface area contributed by atoms with Crippen LogP contribution in [0.25, 0.3) is 21.5 Å². The smallest absolute Gasteiger partial charge is 0.126 e. The van der Waals surface area contributed by atoms with Crippen LogP contribution in [0.4, 0.5) is 5.82 Å². The number of benzene rings is 1. The molecule has 0 bridgehead atoms. The highest BCUT2D eigenvalue weighted by Crippen LogP contribution is 2.25. The average molecular weight is 367 g/mol. The number of para-hydroxylation sites is 1. The minimum Gasteiger partial charge on any atom is -0.369 e. The molecule has 2 N–H and O–H groups in total. The van der Waals surface area contributed by atoms with E-state index in [9.17, 15) is 0 Å². The van der Waals surface area contributed by atoms with E-state index < -0.39 is 0 Å². The Balaban J connectivity index is 1.24. The summed E-state index contributed by atoms with van der Waals surface area (Å²) in [6, 6.07) is 14.4. The van der Waals surface area contributed by atoms with Gasteiger partial charge >= 0.3 is 0 Å². The number of anilines is 1. The summed E-state index contributed by atoms with van der Waals surface area (Å²) in [5, 5.41) is 15.4. The Morgan fingerprint density at radius 1 is 0.920 bits per heavy atom. The molecule has 0 atom stereocenters. The molecule has 0 aliphatic heterocycles. The average Bonchev–Trinajstić information content (AvgIpc) is 3.33. The van der Waals surface area contributed by atoms with Crippen LogP contribution >= 0.6 is 22.7 Å². The molecule has 3 aromatic heterocycles. The first-order valence-corrected chi connectivity index (χ1v) is 9.98. The Morgan fingerprint density at radius 3 is 2.80 bits per heavy atom. The maximum atomic E-state index is 4.67. The summed E-state index contributed by atoms with van der Waals surface area (Å²) >= 11 is 3.40. The molecule has 25 heavy (non-hydrogen) atoms. The van der Waals surface area contributed by atoms with Crippen molar-refractivity contribution < 1.29 is 0 Å². The van der Waals surface area contributed by atoms with Crippen LogP contribution in [0.5, 0.6) is 0 Å². The second-order valence-electron chi connectivity index (χ2n) is 5.65. The lowest BCUT2D eigenvalue weighted by Gasteiger charge is -2.07. The van der Waals surface area contributed by atoms with E-state index in [0.717, 1.165) is 47.1 Å². The van der Waals surface area contributed by atoms with Gasteiger partial charge in [-0.05, 0) is 29.6 Å². The highest BCUT2D eigenvalue weighted by Gasteiger charge is 2.04. The minimum atomic E-state index is 0.785.